The Kier molecular flexibility index (Phi) is 9.30. The molecule has 1 heterocycles. The van der Waals surface area contributed by atoms with Crippen molar-refractivity contribution >= 4 is 53.3 Å². The Morgan fingerprint density at radius 1 is 1.35 bits per heavy atom. The van der Waals surface area contributed by atoms with E-state index in [1.165, 1.54) is 42.9 Å². The van der Waals surface area contributed by atoms with Crippen molar-refractivity contribution in [1.82, 2.24) is 10.6 Å². The lowest BCUT2D eigenvalue weighted by Gasteiger charge is -2.14. The predicted octanol–water partition coefficient (Wildman–Crippen LogP) is 2.44. The summed E-state index contributed by atoms with van der Waals surface area (Å²) in [6.07, 6.45) is 2.49. The van der Waals surface area contributed by atoms with Gasteiger partial charge in [0.25, 0.3) is 0 Å². The van der Waals surface area contributed by atoms with Gasteiger partial charge in [-0.15, -0.1) is 24.0 Å². The quantitative estimate of drug-likeness (QED) is 0.365. The molecule has 1 aromatic carbocycles. The van der Waals surface area contributed by atoms with E-state index < -0.39 is 0 Å². The molecular formula is C15H22FIN4OS. The van der Waals surface area contributed by atoms with Crippen molar-refractivity contribution in [3.8, 4) is 0 Å². The summed E-state index contributed by atoms with van der Waals surface area (Å²) >= 11 is 1.97. The van der Waals surface area contributed by atoms with Gasteiger partial charge in [-0.2, -0.15) is 11.8 Å². The number of thioether (sulfide) groups is 1. The molecule has 1 fully saturated rings. The van der Waals surface area contributed by atoms with Crippen LogP contribution in [0.2, 0.25) is 0 Å². The van der Waals surface area contributed by atoms with Gasteiger partial charge in [-0.3, -0.25) is 9.79 Å². The third-order valence-corrected chi connectivity index (χ3v) is 4.69. The van der Waals surface area contributed by atoms with E-state index in [-0.39, 0.29) is 42.2 Å². The van der Waals surface area contributed by atoms with Crippen LogP contribution in [0.5, 0.6) is 0 Å². The maximum absolute atomic E-state index is 12.8. The van der Waals surface area contributed by atoms with Crippen LogP contribution in [-0.2, 0) is 4.79 Å². The Balaban J connectivity index is 0.00000264. The van der Waals surface area contributed by atoms with Crippen molar-refractivity contribution in [2.45, 2.75) is 18.1 Å². The van der Waals surface area contributed by atoms with Crippen LogP contribution in [0.1, 0.15) is 12.8 Å². The SMILES string of the molecule is CN=C(NCC(=O)Nc1ccc(F)cc1)NCC1CCCS1.I. The molecule has 3 N–H and O–H groups in total. The number of benzene rings is 1. The Morgan fingerprint density at radius 2 is 2.09 bits per heavy atom. The zero-order valence-electron chi connectivity index (χ0n) is 13.0. The molecular weight excluding hydrogens is 430 g/mol. The van der Waals surface area contributed by atoms with Gasteiger partial charge in [0.05, 0.1) is 6.54 Å². The summed E-state index contributed by atoms with van der Waals surface area (Å²) < 4.78 is 12.8. The molecule has 23 heavy (non-hydrogen) atoms. The zero-order chi connectivity index (χ0) is 15.8. The first-order valence-corrected chi connectivity index (χ1v) is 8.34. The highest BCUT2D eigenvalue weighted by Gasteiger charge is 2.15. The van der Waals surface area contributed by atoms with Crippen LogP contribution in [0.3, 0.4) is 0 Å². The van der Waals surface area contributed by atoms with E-state index in [4.69, 9.17) is 0 Å². The topological polar surface area (TPSA) is 65.5 Å². The third-order valence-electron chi connectivity index (χ3n) is 3.29. The second-order valence-corrected chi connectivity index (χ2v) is 6.41. The highest BCUT2D eigenvalue weighted by molar-refractivity contribution is 14.0. The first kappa shape index (κ1) is 20.0. The summed E-state index contributed by atoms with van der Waals surface area (Å²) in [5, 5.41) is 9.50. The molecule has 1 amide bonds. The number of hydrogen-bond acceptors (Lipinski definition) is 3. The number of anilines is 1. The molecule has 0 aromatic heterocycles. The molecule has 2 rings (SSSR count). The average Bonchev–Trinajstić information content (AvgIpc) is 3.03. The summed E-state index contributed by atoms with van der Waals surface area (Å²) in [5.74, 6) is 1.30. The largest absolute Gasteiger partial charge is 0.355 e. The summed E-state index contributed by atoms with van der Waals surface area (Å²) in [6, 6.07) is 5.67. The minimum Gasteiger partial charge on any atom is -0.355 e. The monoisotopic (exact) mass is 452 g/mol. The van der Waals surface area contributed by atoms with E-state index in [1.807, 2.05) is 11.8 Å². The maximum atomic E-state index is 12.8. The van der Waals surface area contributed by atoms with E-state index in [0.29, 0.717) is 16.9 Å². The van der Waals surface area contributed by atoms with Crippen molar-refractivity contribution in [3.63, 3.8) is 0 Å². The average molecular weight is 452 g/mol. The Morgan fingerprint density at radius 3 is 2.70 bits per heavy atom. The van der Waals surface area contributed by atoms with Crippen LogP contribution in [-0.4, -0.2) is 43.0 Å². The molecule has 8 heteroatoms. The number of halogens is 2. The normalized spacial score (nSPS) is 17.3. The molecule has 0 spiro atoms. The number of carbonyl (C=O) groups is 1. The lowest BCUT2D eigenvalue weighted by atomic mass is 10.2. The number of hydrogen-bond donors (Lipinski definition) is 3. The highest BCUT2D eigenvalue weighted by Crippen LogP contribution is 2.25. The van der Waals surface area contributed by atoms with Gasteiger partial charge in [0.1, 0.15) is 5.82 Å². The summed E-state index contributed by atoms with van der Waals surface area (Å²) in [7, 11) is 1.68. The minimum atomic E-state index is -0.328. The smallest absolute Gasteiger partial charge is 0.243 e. The molecule has 0 radical (unpaired) electrons. The highest BCUT2D eigenvalue weighted by atomic mass is 127. The Hall–Kier alpha value is -1.03. The predicted molar refractivity (Wildman–Crippen MR) is 105 cm³/mol. The molecule has 1 aliphatic heterocycles. The summed E-state index contributed by atoms with van der Waals surface area (Å²) in [5.41, 5.74) is 0.568. The van der Waals surface area contributed by atoms with E-state index in [0.717, 1.165) is 6.54 Å². The van der Waals surface area contributed by atoms with Gasteiger partial charge in [-0.05, 0) is 42.9 Å². The van der Waals surface area contributed by atoms with Gasteiger partial charge in [-0.25, -0.2) is 4.39 Å². The van der Waals surface area contributed by atoms with Crippen LogP contribution in [0.25, 0.3) is 0 Å². The van der Waals surface area contributed by atoms with Gasteiger partial charge >= 0.3 is 0 Å². The van der Waals surface area contributed by atoms with Crippen molar-refractivity contribution in [3.05, 3.63) is 30.1 Å². The van der Waals surface area contributed by atoms with Crippen molar-refractivity contribution < 1.29 is 9.18 Å². The molecule has 0 bridgehead atoms. The maximum Gasteiger partial charge on any atom is 0.243 e. The van der Waals surface area contributed by atoms with E-state index in [9.17, 15) is 9.18 Å². The molecule has 0 aliphatic carbocycles. The lowest BCUT2D eigenvalue weighted by Crippen LogP contribution is -2.43. The van der Waals surface area contributed by atoms with Gasteiger partial charge in [0, 0.05) is 24.5 Å². The number of rotatable bonds is 5. The molecule has 1 saturated heterocycles. The molecule has 128 valence electrons. The van der Waals surface area contributed by atoms with Crippen molar-refractivity contribution in [2.75, 3.05) is 31.2 Å². The van der Waals surface area contributed by atoms with E-state index in [2.05, 4.69) is 20.9 Å². The molecule has 0 saturated carbocycles. The molecule has 1 aromatic rings. The van der Waals surface area contributed by atoms with E-state index in [1.54, 1.807) is 7.05 Å². The standard InChI is InChI=1S/C15H21FN4OS.HI/c1-17-15(18-9-13-3-2-8-22-13)19-10-14(21)20-12-6-4-11(16)5-7-12;/h4-7,13H,2-3,8-10H2,1H3,(H,20,21)(H2,17,18,19);1H. The van der Waals surface area contributed by atoms with Gasteiger partial charge in [0.15, 0.2) is 5.96 Å². The molecule has 1 aliphatic rings. The Labute approximate surface area is 157 Å². The number of nitrogens with zero attached hydrogens (tertiary/aromatic N) is 1. The van der Waals surface area contributed by atoms with Crippen molar-refractivity contribution in [2.24, 2.45) is 4.99 Å². The van der Waals surface area contributed by atoms with Crippen molar-refractivity contribution in [1.29, 1.82) is 0 Å². The fraction of sp³-hybridized carbons (Fsp3) is 0.467. The first-order valence-electron chi connectivity index (χ1n) is 7.29. The molecule has 1 unspecified atom stereocenters. The first-order chi connectivity index (χ1) is 10.7. The van der Waals surface area contributed by atoms with Crippen LogP contribution in [0.4, 0.5) is 10.1 Å². The fourth-order valence-electron chi connectivity index (χ4n) is 2.14. The number of aliphatic imine (C=N–C) groups is 1. The van der Waals surface area contributed by atoms with Crippen LogP contribution < -0.4 is 16.0 Å². The van der Waals surface area contributed by atoms with Gasteiger partial charge < -0.3 is 16.0 Å². The third kappa shape index (κ3) is 7.38. The fourth-order valence-corrected chi connectivity index (χ4v) is 3.34. The van der Waals surface area contributed by atoms with Crippen LogP contribution >= 0.6 is 35.7 Å². The summed E-state index contributed by atoms with van der Waals surface area (Å²) in [4.78, 5) is 15.9. The second kappa shape index (κ2) is 10.7. The number of guanidine groups is 1. The zero-order valence-corrected chi connectivity index (χ0v) is 16.1. The van der Waals surface area contributed by atoms with Crippen LogP contribution in [0.15, 0.2) is 29.3 Å². The number of carbonyl (C=O) groups excluding carboxylic acids is 1. The second-order valence-electron chi connectivity index (χ2n) is 5.00. The minimum absolute atomic E-state index is 0. The van der Waals surface area contributed by atoms with Crippen LogP contribution in [0, 0.1) is 5.82 Å². The van der Waals surface area contributed by atoms with Gasteiger partial charge in [-0.1, -0.05) is 0 Å². The molecule has 1 atom stereocenters. The number of nitrogens with one attached hydrogen (secondary N) is 3. The number of amides is 1. The summed E-state index contributed by atoms with van der Waals surface area (Å²) in [6.45, 7) is 0.957. The molecule has 5 nitrogen and oxygen atoms in total. The Bertz CT molecular complexity index is 521. The van der Waals surface area contributed by atoms with Gasteiger partial charge in [0.2, 0.25) is 5.91 Å². The lowest BCUT2D eigenvalue weighted by molar-refractivity contribution is -0.115. The van der Waals surface area contributed by atoms with E-state index >= 15 is 0 Å².